The van der Waals surface area contributed by atoms with Gasteiger partial charge in [0.15, 0.2) is 0 Å². The zero-order valence-electron chi connectivity index (χ0n) is 7.81. The van der Waals surface area contributed by atoms with Gasteiger partial charge >= 0.3 is 0 Å². The van der Waals surface area contributed by atoms with Crippen molar-refractivity contribution in [3.8, 4) is 5.69 Å². The van der Waals surface area contributed by atoms with Crippen LogP contribution in [0.15, 0.2) is 30.6 Å². The maximum atomic E-state index is 12.9. The summed E-state index contributed by atoms with van der Waals surface area (Å²) in [5.74, 6) is -0.224. The highest BCUT2D eigenvalue weighted by Gasteiger charge is 2.05. The highest BCUT2D eigenvalue weighted by Crippen LogP contribution is 2.14. The second-order valence-corrected chi connectivity index (χ2v) is 2.95. The van der Waals surface area contributed by atoms with E-state index < -0.39 is 0 Å². The fourth-order valence-electron chi connectivity index (χ4n) is 1.37. The lowest BCUT2D eigenvalue weighted by molar-refractivity contribution is 0.623. The van der Waals surface area contributed by atoms with E-state index in [1.807, 2.05) is 6.92 Å². The summed E-state index contributed by atoms with van der Waals surface area (Å²) >= 11 is 0. The van der Waals surface area contributed by atoms with Crippen molar-refractivity contribution in [1.82, 2.24) is 15.0 Å². The minimum absolute atomic E-state index is 0.224. The summed E-state index contributed by atoms with van der Waals surface area (Å²) in [5.41, 5.74) is 1.74. The fraction of sp³-hybridized carbons (Fsp3) is 0.200. The molecule has 0 aliphatic heterocycles. The number of nitrogens with zero attached hydrogens (tertiary/aromatic N) is 3. The minimum Gasteiger partial charge on any atom is -0.207 e. The summed E-state index contributed by atoms with van der Waals surface area (Å²) < 4.78 is 12.9. The maximum Gasteiger partial charge on any atom is 0.123 e. The van der Waals surface area contributed by atoms with Gasteiger partial charge in [0.2, 0.25) is 0 Å². The maximum absolute atomic E-state index is 12.9. The molecule has 3 nitrogen and oxygen atoms in total. The van der Waals surface area contributed by atoms with Gasteiger partial charge in [0.1, 0.15) is 5.82 Å². The molecule has 0 aliphatic carbocycles. The Labute approximate surface area is 81.2 Å². The number of aryl methyl sites for hydroxylation is 1. The zero-order valence-corrected chi connectivity index (χ0v) is 7.81. The number of benzene rings is 1. The molecule has 0 amide bonds. The summed E-state index contributed by atoms with van der Waals surface area (Å²) in [6.07, 6.45) is 3.96. The summed E-state index contributed by atoms with van der Waals surface area (Å²) in [5, 5.41) is 8.02. The van der Waals surface area contributed by atoms with Gasteiger partial charge in [-0.05, 0) is 30.2 Å². The van der Waals surface area contributed by atoms with Gasteiger partial charge in [-0.2, -0.15) is 15.0 Å². The van der Waals surface area contributed by atoms with Crippen molar-refractivity contribution in [2.45, 2.75) is 13.3 Å². The van der Waals surface area contributed by atoms with Crippen LogP contribution >= 0.6 is 0 Å². The average Bonchev–Trinajstić information content (AvgIpc) is 2.70. The summed E-state index contributed by atoms with van der Waals surface area (Å²) in [6.45, 7) is 1.97. The lowest BCUT2D eigenvalue weighted by atomic mass is 10.1. The molecule has 0 spiro atoms. The predicted octanol–water partition coefficient (Wildman–Crippen LogP) is 1.97. The molecule has 0 radical (unpaired) electrons. The zero-order chi connectivity index (χ0) is 9.97. The van der Waals surface area contributed by atoms with Crippen molar-refractivity contribution < 1.29 is 4.39 Å². The van der Waals surface area contributed by atoms with Gasteiger partial charge in [-0.1, -0.05) is 6.92 Å². The molecule has 1 heterocycles. The van der Waals surface area contributed by atoms with Crippen LogP contribution in [0.5, 0.6) is 0 Å². The van der Waals surface area contributed by atoms with E-state index in [9.17, 15) is 4.39 Å². The normalized spacial score (nSPS) is 10.4. The van der Waals surface area contributed by atoms with E-state index in [1.165, 1.54) is 16.9 Å². The molecular formula is C10H10FN3. The first-order chi connectivity index (χ1) is 6.81. The Kier molecular flexibility index (Phi) is 2.26. The smallest absolute Gasteiger partial charge is 0.123 e. The number of hydrogen-bond acceptors (Lipinski definition) is 2. The third kappa shape index (κ3) is 1.51. The predicted molar refractivity (Wildman–Crippen MR) is 50.7 cm³/mol. The van der Waals surface area contributed by atoms with Gasteiger partial charge in [-0.15, -0.1) is 0 Å². The van der Waals surface area contributed by atoms with Crippen LogP contribution < -0.4 is 0 Å². The summed E-state index contributed by atoms with van der Waals surface area (Å²) in [4.78, 5) is 1.50. The summed E-state index contributed by atoms with van der Waals surface area (Å²) in [7, 11) is 0. The SMILES string of the molecule is CCc1cc(F)ccc1-n1nccn1. The molecule has 1 aromatic heterocycles. The van der Waals surface area contributed by atoms with Crippen molar-refractivity contribution in [2.24, 2.45) is 0 Å². The van der Waals surface area contributed by atoms with Crippen molar-refractivity contribution in [2.75, 3.05) is 0 Å². The van der Waals surface area contributed by atoms with Crippen LogP contribution in [0.4, 0.5) is 4.39 Å². The van der Waals surface area contributed by atoms with Crippen LogP contribution in [0.1, 0.15) is 12.5 Å². The highest BCUT2D eigenvalue weighted by atomic mass is 19.1. The van der Waals surface area contributed by atoms with Crippen LogP contribution in [-0.4, -0.2) is 15.0 Å². The van der Waals surface area contributed by atoms with Crippen LogP contribution in [0, 0.1) is 5.82 Å². The highest BCUT2D eigenvalue weighted by molar-refractivity contribution is 5.39. The molecule has 0 saturated heterocycles. The van der Waals surface area contributed by atoms with E-state index >= 15 is 0 Å². The van der Waals surface area contributed by atoms with Gasteiger partial charge in [-0.3, -0.25) is 0 Å². The lowest BCUT2D eigenvalue weighted by Crippen LogP contribution is -2.02. The molecular weight excluding hydrogens is 181 g/mol. The number of halogens is 1. The van der Waals surface area contributed by atoms with E-state index in [1.54, 1.807) is 18.5 Å². The van der Waals surface area contributed by atoms with Crippen molar-refractivity contribution >= 4 is 0 Å². The molecule has 0 N–H and O–H groups in total. The van der Waals surface area contributed by atoms with Crippen molar-refractivity contribution in [1.29, 1.82) is 0 Å². The molecule has 0 atom stereocenters. The average molecular weight is 191 g/mol. The van der Waals surface area contributed by atoms with Gasteiger partial charge < -0.3 is 0 Å². The topological polar surface area (TPSA) is 30.7 Å². The number of rotatable bonds is 2. The Balaban J connectivity index is 2.53. The molecule has 0 unspecified atom stereocenters. The van der Waals surface area contributed by atoms with E-state index in [-0.39, 0.29) is 5.82 Å². The minimum atomic E-state index is -0.224. The Bertz CT molecular complexity index is 423. The molecule has 4 heteroatoms. The number of hydrogen-bond donors (Lipinski definition) is 0. The Morgan fingerprint density at radius 2 is 2.00 bits per heavy atom. The van der Waals surface area contributed by atoms with Gasteiger partial charge in [0.05, 0.1) is 18.1 Å². The quantitative estimate of drug-likeness (QED) is 0.726. The molecule has 0 bridgehead atoms. The Morgan fingerprint density at radius 3 is 2.64 bits per heavy atom. The van der Waals surface area contributed by atoms with Gasteiger partial charge in [0, 0.05) is 0 Å². The van der Waals surface area contributed by atoms with E-state index in [4.69, 9.17) is 0 Å². The molecule has 2 rings (SSSR count). The van der Waals surface area contributed by atoms with Gasteiger partial charge in [-0.25, -0.2) is 4.39 Å². The van der Waals surface area contributed by atoms with E-state index in [0.717, 1.165) is 17.7 Å². The third-order valence-corrected chi connectivity index (χ3v) is 2.06. The molecule has 1 aromatic carbocycles. The monoisotopic (exact) mass is 191 g/mol. The fourth-order valence-corrected chi connectivity index (χ4v) is 1.37. The Hall–Kier alpha value is -1.71. The van der Waals surface area contributed by atoms with Crippen LogP contribution in [-0.2, 0) is 6.42 Å². The molecule has 72 valence electrons. The first-order valence-corrected chi connectivity index (χ1v) is 4.46. The third-order valence-electron chi connectivity index (χ3n) is 2.06. The van der Waals surface area contributed by atoms with Crippen LogP contribution in [0.25, 0.3) is 5.69 Å². The van der Waals surface area contributed by atoms with E-state index in [2.05, 4.69) is 10.2 Å². The van der Waals surface area contributed by atoms with Crippen LogP contribution in [0.2, 0.25) is 0 Å². The van der Waals surface area contributed by atoms with Crippen molar-refractivity contribution in [3.05, 3.63) is 42.0 Å². The largest absolute Gasteiger partial charge is 0.207 e. The molecule has 0 fully saturated rings. The molecule has 0 saturated carbocycles. The van der Waals surface area contributed by atoms with Crippen molar-refractivity contribution in [3.63, 3.8) is 0 Å². The molecule has 2 aromatic rings. The van der Waals surface area contributed by atoms with Crippen LogP contribution in [0.3, 0.4) is 0 Å². The second kappa shape index (κ2) is 3.57. The standard InChI is InChI=1S/C10H10FN3/c1-2-8-7-9(11)3-4-10(8)14-12-5-6-13-14/h3-7H,2H2,1H3. The summed E-state index contributed by atoms with van der Waals surface area (Å²) in [6, 6.07) is 4.62. The van der Waals surface area contributed by atoms with E-state index in [0.29, 0.717) is 0 Å². The number of aromatic nitrogens is 3. The first-order valence-electron chi connectivity index (χ1n) is 4.46. The first kappa shape index (κ1) is 8.87. The second-order valence-electron chi connectivity index (χ2n) is 2.95. The lowest BCUT2D eigenvalue weighted by Gasteiger charge is -2.05. The van der Waals surface area contributed by atoms with Gasteiger partial charge in [0.25, 0.3) is 0 Å². The Morgan fingerprint density at radius 1 is 1.29 bits per heavy atom. The molecule has 14 heavy (non-hydrogen) atoms. The molecule has 0 aliphatic rings.